The van der Waals surface area contributed by atoms with Crippen LogP contribution in [0.3, 0.4) is 0 Å². The first-order chi connectivity index (χ1) is 12.8. The van der Waals surface area contributed by atoms with Gasteiger partial charge >= 0.3 is 6.09 Å². The maximum atomic E-state index is 11.9. The van der Waals surface area contributed by atoms with E-state index in [9.17, 15) is 4.79 Å². The van der Waals surface area contributed by atoms with Gasteiger partial charge in [-0.25, -0.2) is 19.4 Å². The smallest absolute Gasteiger partial charge is 0.409 e. The van der Waals surface area contributed by atoms with Crippen LogP contribution < -0.4 is 4.90 Å². The van der Waals surface area contributed by atoms with Gasteiger partial charge in [0.2, 0.25) is 0 Å². The van der Waals surface area contributed by atoms with E-state index >= 15 is 0 Å². The Morgan fingerprint density at radius 1 is 1.12 bits per heavy atom. The van der Waals surface area contributed by atoms with Gasteiger partial charge < -0.3 is 14.5 Å². The van der Waals surface area contributed by atoms with Gasteiger partial charge in [0.15, 0.2) is 5.65 Å². The molecule has 1 saturated heterocycles. The van der Waals surface area contributed by atoms with Crippen LogP contribution in [0.5, 0.6) is 0 Å². The highest BCUT2D eigenvalue weighted by molar-refractivity contribution is 5.87. The molecule has 134 valence electrons. The SMILES string of the molecule is CCOC(=O)N1CCN(c2ncnc3c2cnn3-c2ccccc2)CC1. The summed E-state index contributed by atoms with van der Waals surface area (Å²) in [5.74, 6) is 0.848. The van der Waals surface area contributed by atoms with Crippen molar-refractivity contribution in [2.24, 2.45) is 0 Å². The summed E-state index contributed by atoms with van der Waals surface area (Å²) in [5.41, 5.74) is 1.73. The molecule has 0 atom stereocenters. The molecule has 1 fully saturated rings. The third kappa shape index (κ3) is 2.94. The predicted molar refractivity (Wildman–Crippen MR) is 97.5 cm³/mol. The van der Waals surface area contributed by atoms with E-state index in [0.717, 1.165) is 22.5 Å². The van der Waals surface area contributed by atoms with Gasteiger partial charge in [-0.05, 0) is 19.1 Å². The highest BCUT2D eigenvalue weighted by atomic mass is 16.6. The topological polar surface area (TPSA) is 76.4 Å². The van der Waals surface area contributed by atoms with Crippen LogP contribution in [-0.2, 0) is 4.74 Å². The number of nitrogens with zero attached hydrogens (tertiary/aromatic N) is 6. The van der Waals surface area contributed by atoms with E-state index in [1.807, 2.05) is 41.9 Å². The first-order valence-corrected chi connectivity index (χ1v) is 8.68. The minimum absolute atomic E-state index is 0.253. The standard InChI is InChI=1S/C18H20N6O2/c1-2-26-18(25)23-10-8-22(9-11-23)16-15-12-21-24(17(15)20-13-19-16)14-6-4-3-5-7-14/h3-7,12-13H,2,8-11H2,1H3. The van der Waals surface area contributed by atoms with Crippen LogP contribution in [0.25, 0.3) is 16.7 Å². The van der Waals surface area contributed by atoms with Gasteiger partial charge in [-0.3, -0.25) is 0 Å². The van der Waals surface area contributed by atoms with E-state index in [0.29, 0.717) is 32.8 Å². The van der Waals surface area contributed by atoms with Gasteiger partial charge in [-0.2, -0.15) is 5.10 Å². The van der Waals surface area contributed by atoms with Crippen molar-refractivity contribution < 1.29 is 9.53 Å². The number of anilines is 1. The lowest BCUT2D eigenvalue weighted by Crippen LogP contribution is -2.49. The van der Waals surface area contributed by atoms with Crippen molar-refractivity contribution in [1.29, 1.82) is 0 Å². The molecule has 0 bridgehead atoms. The zero-order chi connectivity index (χ0) is 17.9. The molecular weight excluding hydrogens is 332 g/mol. The summed E-state index contributed by atoms with van der Waals surface area (Å²) < 4.78 is 6.89. The van der Waals surface area contributed by atoms with Crippen molar-refractivity contribution in [2.75, 3.05) is 37.7 Å². The number of fused-ring (bicyclic) bond motifs is 1. The Morgan fingerprint density at radius 2 is 1.88 bits per heavy atom. The molecule has 2 aromatic heterocycles. The van der Waals surface area contributed by atoms with Gasteiger partial charge in [0.1, 0.15) is 12.1 Å². The van der Waals surface area contributed by atoms with Crippen LogP contribution in [0, 0.1) is 0 Å². The number of piperazine rings is 1. The number of benzene rings is 1. The number of amides is 1. The molecule has 3 aromatic rings. The molecule has 1 aliphatic heterocycles. The van der Waals surface area contributed by atoms with Crippen molar-refractivity contribution in [3.05, 3.63) is 42.9 Å². The lowest BCUT2D eigenvalue weighted by atomic mass is 10.3. The molecule has 8 heteroatoms. The molecule has 0 spiro atoms. The molecule has 3 heterocycles. The van der Waals surface area contributed by atoms with Crippen molar-refractivity contribution in [2.45, 2.75) is 6.92 Å². The third-order valence-corrected chi connectivity index (χ3v) is 4.45. The first kappa shape index (κ1) is 16.3. The van der Waals surface area contributed by atoms with Crippen molar-refractivity contribution in [3.63, 3.8) is 0 Å². The number of ether oxygens (including phenoxy) is 1. The third-order valence-electron chi connectivity index (χ3n) is 4.45. The summed E-state index contributed by atoms with van der Waals surface area (Å²) in [5, 5.41) is 5.40. The number of hydrogen-bond acceptors (Lipinski definition) is 6. The fourth-order valence-electron chi connectivity index (χ4n) is 3.16. The van der Waals surface area contributed by atoms with Crippen LogP contribution in [0.4, 0.5) is 10.6 Å². The molecule has 1 amide bonds. The number of para-hydroxylation sites is 1. The minimum atomic E-state index is -0.253. The zero-order valence-electron chi connectivity index (χ0n) is 14.6. The number of aromatic nitrogens is 4. The largest absolute Gasteiger partial charge is 0.450 e. The lowest BCUT2D eigenvalue weighted by molar-refractivity contribution is 0.105. The maximum Gasteiger partial charge on any atom is 0.409 e. The van der Waals surface area contributed by atoms with Crippen LogP contribution in [0.1, 0.15) is 6.92 Å². The van der Waals surface area contributed by atoms with E-state index in [-0.39, 0.29) is 6.09 Å². The molecule has 8 nitrogen and oxygen atoms in total. The normalized spacial score (nSPS) is 14.7. The number of rotatable bonds is 3. The summed E-state index contributed by atoms with van der Waals surface area (Å²) in [6.45, 7) is 4.82. The quantitative estimate of drug-likeness (QED) is 0.718. The predicted octanol–water partition coefficient (Wildman–Crippen LogP) is 2.09. The first-order valence-electron chi connectivity index (χ1n) is 8.68. The van der Waals surface area contributed by atoms with Gasteiger partial charge in [-0.15, -0.1) is 0 Å². The molecule has 1 aromatic carbocycles. The number of hydrogen-bond donors (Lipinski definition) is 0. The van der Waals surface area contributed by atoms with Crippen LogP contribution in [-0.4, -0.2) is 63.5 Å². The molecule has 0 saturated carbocycles. The number of carbonyl (C=O) groups excluding carboxylic acids is 1. The second-order valence-electron chi connectivity index (χ2n) is 6.00. The monoisotopic (exact) mass is 352 g/mol. The van der Waals surface area contributed by atoms with E-state index < -0.39 is 0 Å². The molecule has 1 aliphatic rings. The Bertz CT molecular complexity index is 902. The molecule has 26 heavy (non-hydrogen) atoms. The zero-order valence-corrected chi connectivity index (χ0v) is 14.6. The second-order valence-corrected chi connectivity index (χ2v) is 6.00. The van der Waals surface area contributed by atoms with Crippen LogP contribution in [0.15, 0.2) is 42.9 Å². The second kappa shape index (κ2) is 6.99. The summed E-state index contributed by atoms with van der Waals surface area (Å²) in [6.07, 6.45) is 3.11. The average Bonchev–Trinajstić information content (AvgIpc) is 3.13. The van der Waals surface area contributed by atoms with E-state index in [2.05, 4.69) is 20.0 Å². The van der Waals surface area contributed by atoms with Crippen LogP contribution >= 0.6 is 0 Å². The van der Waals surface area contributed by atoms with E-state index in [1.54, 1.807) is 17.4 Å². The summed E-state index contributed by atoms with van der Waals surface area (Å²) in [6, 6.07) is 9.90. The summed E-state index contributed by atoms with van der Waals surface area (Å²) in [7, 11) is 0. The highest BCUT2D eigenvalue weighted by Crippen LogP contribution is 2.25. The molecule has 4 rings (SSSR count). The maximum absolute atomic E-state index is 11.9. The van der Waals surface area contributed by atoms with Gasteiger partial charge in [0.25, 0.3) is 0 Å². The fraction of sp³-hybridized carbons (Fsp3) is 0.333. The van der Waals surface area contributed by atoms with Gasteiger partial charge in [0, 0.05) is 26.2 Å². The summed E-state index contributed by atoms with van der Waals surface area (Å²) in [4.78, 5) is 24.6. The molecule has 0 unspecified atom stereocenters. The summed E-state index contributed by atoms with van der Waals surface area (Å²) >= 11 is 0. The molecule has 0 aliphatic carbocycles. The average molecular weight is 352 g/mol. The van der Waals surface area contributed by atoms with Gasteiger partial charge in [-0.1, -0.05) is 18.2 Å². The molecule has 0 radical (unpaired) electrons. The fourth-order valence-corrected chi connectivity index (χ4v) is 3.16. The Balaban J connectivity index is 1.59. The van der Waals surface area contributed by atoms with E-state index in [4.69, 9.17) is 4.74 Å². The number of carbonyl (C=O) groups is 1. The van der Waals surface area contributed by atoms with Crippen molar-refractivity contribution in [1.82, 2.24) is 24.6 Å². The Hall–Kier alpha value is -3.16. The Labute approximate surface area is 151 Å². The van der Waals surface area contributed by atoms with Gasteiger partial charge in [0.05, 0.1) is 23.9 Å². The molecular formula is C18H20N6O2. The van der Waals surface area contributed by atoms with Crippen molar-refractivity contribution in [3.8, 4) is 5.69 Å². The Morgan fingerprint density at radius 3 is 2.62 bits per heavy atom. The van der Waals surface area contributed by atoms with Crippen molar-refractivity contribution >= 4 is 22.9 Å². The van der Waals surface area contributed by atoms with Crippen LogP contribution in [0.2, 0.25) is 0 Å². The minimum Gasteiger partial charge on any atom is -0.450 e. The molecule has 0 N–H and O–H groups in total. The lowest BCUT2D eigenvalue weighted by Gasteiger charge is -2.34. The Kier molecular flexibility index (Phi) is 4.39. The highest BCUT2D eigenvalue weighted by Gasteiger charge is 2.24. The van der Waals surface area contributed by atoms with E-state index in [1.165, 1.54) is 0 Å².